The molecule has 0 radical (unpaired) electrons. The molecule has 8 heteroatoms. The molecule has 0 saturated carbocycles. The molecule has 0 aromatic heterocycles. The molecule has 7 nitrogen and oxygen atoms in total. The Labute approximate surface area is 224 Å². The van der Waals surface area contributed by atoms with Gasteiger partial charge in [-0.1, -0.05) is 96.8 Å². The van der Waals surface area contributed by atoms with Gasteiger partial charge in [-0.2, -0.15) is 8.42 Å². The molecule has 0 atom stereocenters. The molecule has 0 aromatic rings. The highest BCUT2D eigenvalue weighted by atomic mass is 32.2. The van der Waals surface area contributed by atoms with Gasteiger partial charge in [0.2, 0.25) is 0 Å². The van der Waals surface area contributed by atoms with Crippen LogP contribution in [0, 0.1) is 0 Å². The summed E-state index contributed by atoms with van der Waals surface area (Å²) in [7, 11) is 5.89. The van der Waals surface area contributed by atoms with E-state index >= 15 is 0 Å². The maximum absolute atomic E-state index is 10.8. The molecule has 1 N–H and O–H groups in total. The number of carbonyl (C=O) groups excluding carboxylic acids is 1. The van der Waals surface area contributed by atoms with Crippen molar-refractivity contribution in [3.63, 3.8) is 0 Å². The van der Waals surface area contributed by atoms with Crippen molar-refractivity contribution in [1.82, 2.24) is 0 Å². The molecule has 0 unspecified atom stereocenters. The van der Waals surface area contributed by atoms with Gasteiger partial charge in [0, 0.05) is 6.42 Å². The summed E-state index contributed by atoms with van der Waals surface area (Å²) in [6.07, 6.45) is 22.7. The van der Waals surface area contributed by atoms with Crippen LogP contribution in [0.2, 0.25) is 0 Å². The lowest BCUT2D eigenvalue weighted by Gasteiger charge is -2.29. The fourth-order valence-electron chi connectivity index (χ4n) is 4.26. The molecule has 0 bridgehead atoms. The first kappa shape index (κ1) is 37.5. The van der Waals surface area contributed by atoms with Crippen molar-refractivity contribution >= 4 is 16.1 Å². The maximum atomic E-state index is 10.8. The van der Waals surface area contributed by atoms with Gasteiger partial charge in [-0.3, -0.25) is 4.55 Å². The second-order valence-electron chi connectivity index (χ2n) is 12.1. The number of rotatable bonds is 23. The van der Waals surface area contributed by atoms with E-state index in [1.54, 1.807) is 21.1 Å². The third-order valence-electron chi connectivity index (χ3n) is 6.39. The van der Waals surface area contributed by atoms with Crippen LogP contribution < -0.4 is 5.11 Å². The van der Waals surface area contributed by atoms with Gasteiger partial charge in [0.05, 0.1) is 60.1 Å². The Kier molecular flexibility index (Phi) is 23.2. The summed E-state index contributed by atoms with van der Waals surface area (Å²) in [6, 6.07) is 0. The van der Waals surface area contributed by atoms with Gasteiger partial charge in [-0.25, -0.2) is 0 Å². The van der Waals surface area contributed by atoms with E-state index in [0.29, 0.717) is 10.9 Å². The van der Waals surface area contributed by atoms with E-state index in [9.17, 15) is 18.3 Å². The summed E-state index contributed by atoms with van der Waals surface area (Å²) in [5, 5.41) is 9.89. The molecular formula is C28H61N2O5S+. The minimum absolute atomic E-state index is 0.0694. The fraction of sp³-hybridized carbons (Fsp3) is 0.964. The second-order valence-corrected chi connectivity index (χ2v) is 13.7. The number of quaternary nitrogens is 2. The molecule has 0 heterocycles. The normalized spacial score (nSPS) is 12.3. The van der Waals surface area contributed by atoms with Crippen molar-refractivity contribution in [2.45, 2.75) is 116 Å². The maximum Gasteiger partial charge on any atom is 0.265 e. The molecule has 0 rings (SSSR count). The second kappa shape index (κ2) is 22.3. The zero-order chi connectivity index (χ0) is 27.9. The molecule has 0 aromatic carbocycles. The van der Waals surface area contributed by atoms with Crippen LogP contribution in [0.25, 0.3) is 0 Å². The third kappa shape index (κ3) is 35.5. The minimum Gasteiger partial charge on any atom is -0.544 e. The predicted molar refractivity (Wildman–Crippen MR) is 150 cm³/mol. The van der Waals surface area contributed by atoms with Gasteiger partial charge in [-0.05, 0) is 12.8 Å². The molecule has 0 saturated heterocycles. The smallest absolute Gasteiger partial charge is 0.265 e. The van der Waals surface area contributed by atoms with Gasteiger partial charge >= 0.3 is 0 Å². The zero-order valence-electron chi connectivity index (χ0n) is 24.7. The number of carbonyl (C=O) groups is 1. The number of hydrogen-bond donors (Lipinski definition) is 1. The molecule has 0 aliphatic rings. The monoisotopic (exact) mass is 537 g/mol. The Morgan fingerprint density at radius 1 is 0.639 bits per heavy atom. The molecule has 0 aliphatic carbocycles. The van der Waals surface area contributed by atoms with Crippen molar-refractivity contribution in [1.29, 1.82) is 0 Å². The van der Waals surface area contributed by atoms with Crippen LogP contribution in [0.4, 0.5) is 0 Å². The SMILES string of the molecule is CCCCCCCCCCCCCCCCCC[N+](C)(C)CCCS(=O)(=O)O.C[N+](C)(C)CC(=O)[O-]. The van der Waals surface area contributed by atoms with Crippen LogP contribution in [0.1, 0.15) is 116 Å². The summed E-state index contributed by atoms with van der Waals surface area (Å²) in [4.78, 5) is 9.89. The van der Waals surface area contributed by atoms with Crippen LogP contribution in [0.5, 0.6) is 0 Å². The van der Waals surface area contributed by atoms with Gasteiger partial charge in [0.15, 0.2) is 0 Å². The van der Waals surface area contributed by atoms with Gasteiger partial charge in [0.1, 0.15) is 6.54 Å². The van der Waals surface area contributed by atoms with Crippen molar-refractivity contribution in [3.05, 3.63) is 0 Å². The van der Waals surface area contributed by atoms with E-state index in [-0.39, 0.29) is 12.3 Å². The lowest BCUT2D eigenvalue weighted by molar-refractivity contribution is -0.890. The summed E-state index contributed by atoms with van der Waals surface area (Å²) < 4.78 is 31.6. The summed E-state index contributed by atoms with van der Waals surface area (Å²) >= 11 is 0. The molecule has 36 heavy (non-hydrogen) atoms. The van der Waals surface area contributed by atoms with Crippen LogP contribution in [-0.2, 0) is 14.9 Å². The lowest BCUT2D eigenvalue weighted by Crippen LogP contribution is -2.45. The number of carboxylic acids is 1. The number of aliphatic carboxylic acids is 1. The largest absolute Gasteiger partial charge is 0.544 e. The Balaban J connectivity index is 0. The van der Waals surface area contributed by atoms with Crippen LogP contribution >= 0.6 is 0 Å². The summed E-state index contributed by atoms with van der Waals surface area (Å²) in [5.41, 5.74) is 0. The number of nitrogens with zero attached hydrogens (tertiary/aromatic N) is 2. The minimum atomic E-state index is -3.81. The molecule has 0 fully saturated rings. The number of likely N-dealkylation sites (N-methyl/N-ethyl adjacent to an activating group) is 1. The first-order valence-corrected chi connectivity index (χ1v) is 16.1. The van der Waals surface area contributed by atoms with Crippen molar-refractivity contribution in [2.24, 2.45) is 0 Å². The van der Waals surface area contributed by atoms with E-state index in [2.05, 4.69) is 21.0 Å². The molecule has 218 valence electrons. The highest BCUT2D eigenvalue weighted by Gasteiger charge is 2.16. The average Bonchev–Trinajstić information content (AvgIpc) is 2.71. The quantitative estimate of drug-likeness (QED) is 0.112. The van der Waals surface area contributed by atoms with Gasteiger partial charge in [-0.15, -0.1) is 0 Å². The topological polar surface area (TPSA) is 94.5 Å². The fourth-order valence-corrected chi connectivity index (χ4v) is 4.76. The van der Waals surface area contributed by atoms with Gasteiger partial charge < -0.3 is 18.9 Å². The zero-order valence-corrected chi connectivity index (χ0v) is 25.5. The van der Waals surface area contributed by atoms with Crippen molar-refractivity contribution in [2.75, 3.05) is 60.6 Å². The highest BCUT2D eigenvalue weighted by Crippen LogP contribution is 2.14. The molecular weight excluding hydrogens is 476 g/mol. The van der Waals surface area contributed by atoms with Crippen LogP contribution in [0.3, 0.4) is 0 Å². The Hall–Kier alpha value is -0.700. The number of unbranched alkanes of at least 4 members (excludes halogenated alkanes) is 15. The highest BCUT2D eigenvalue weighted by molar-refractivity contribution is 7.85. The van der Waals surface area contributed by atoms with E-state index in [4.69, 9.17) is 4.55 Å². The predicted octanol–water partition coefficient (Wildman–Crippen LogP) is 5.04. The molecule has 0 amide bonds. The molecule has 0 aliphatic heterocycles. The van der Waals surface area contributed by atoms with E-state index < -0.39 is 16.1 Å². The van der Waals surface area contributed by atoms with Gasteiger partial charge in [0.25, 0.3) is 10.1 Å². The van der Waals surface area contributed by atoms with E-state index in [1.165, 1.54) is 103 Å². The Morgan fingerprint density at radius 2 is 0.972 bits per heavy atom. The summed E-state index contributed by atoms with van der Waals surface area (Å²) in [6.45, 7) is 4.24. The van der Waals surface area contributed by atoms with Crippen molar-refractivity contribution < 1.29 is 31.8 Å². The summed E-state index contributed by atoms with van der Waals surface area (Å²) in [5.74, 6) is -1.12. The Morgan fingerprint density at radius 3 is 1.25 bits per heavy atom. The van der Waals surface area contributed by atoms with Crippen LogP contribution in [0.15, 0.2) is 0 Å². The van der Waals surface area contributed by atoms with E-state index in [1.807, 2.05) is 0 Å². The lowest BCUT2D eigenvalue weighted by atomic mass is 10.0. The standard InChI is InChI=1S/C23H49NO3S.C5H11NO2/c1-4-5-6-7-8-9-10-11-12-13-14-15-16-17-18-19-21-24(2,3)22-20-23-28(25,26)27;1-6(2,3)4-5(7)8/h4-23H2,1-3H3;4H2,1-3H3/p+1. The molecule has 0 spiro atoms. The van der Waals surface area contributed by atoms with E-state index in [0.717, 1.165) is 17.6 Å². The first-order valence-electron chi connectivity index (χ1n) is 14.5. The first-order chi connectivity index (χ1) is 16.7. The third-order valence-corrected chi connectivity index (χ3v) is 7.19. The number of carboxylic acid groups (broad SMARTS) is 1. The van der Waals surface area contributed by atoms with Crippen molar-refractivity contribution in [3.8, 4) is 0 Å². The Bertz CT molecular complexity index is 616. The number of hydrogen-bond acceptors (Lipinski definition) is 4. The van der Waals surface area contributed by atoms with Crippen LogP contribution in [-0.4, -0.2) is 88.5 Å². The average molecular weight is 538 g/mol.